The molecule has 0 radical (unpaired) electrons. The first-order valence-electron chi connectivity index (χ1n) is 6.44. The molecule has 1 saturated carbocycles. The van der Waals surface area contributed by atoms with Gasteiger partial charge in [0.15, 0.2) is 0 Å². The highest BCUT2D eigenvalue weighted by molar-refractivity contribution is 4.99. The molecule has 0 spiro atoms. The highest BCUT2D eigenvalue weighted by Crippen LogP contribution is 2.46. The molecule has 1 heteroatoms. The summed E-state index contributed by atoms with van der Waals surface area (Å²) < 4.78 is 0. The molecule has 3 unspecified atom stereocenters. The zero-order chi connectivity index (χ0) is 10.2. The van der Waals surface area contributed by atoms with Gasteiger partial charge in [0.2, 0.25) is 0 Å². The third kappa shape index (κ3) is 1.71. The lowest BCUT2D eigenvalue weighted by atomic mass is 9.69. The Balaban J connectivity index is 2.05. The smallest absolute Gasteiger partial charge is 0.00897 e. The van der Waals surface area contributed by atoms with Gasteiger partial charge in [0.25, 0.3) is 0 Å². The first-order chi connectivity index (χ1) is 6.68. The van der Waals surface area contributed by atoms with Gasteiger partial charge in [-0.3, -0.25) is 0 Å². The van der Waals surface area contributed by atoms with E-state index in [1.54, 1.807) is 0 Å². The number of hydrogen-bond acceptors (Lipinski definition) is 1. The van der Waals surface area contributed by atoms with Crippen molar-refractivity contribution in [1.29, 1.82) is 0 Å². The van der Waals surface area contributed by atoms with Crippen molar-refractivity contribution in [1.82, 2.24) is 5.32 Å². The van der Waals surface area contributed by atoms with Crippen LogP contribution in [0.1, 0.15) is 59.3 Å². The van der Waals surface area contributed by atoms with Crippen LogP contribution in [0, 0.1) is 11.3 Å². The summed E-state index contributed by atoms with van der Waals surface area (Å²) in [5.74, 6) is 0.948. The monoisotopic (exact) mass is 195 g/mol. The topological polar surface area (TPSA) is 12.0 Å². The van der Waals surface area contributed by atoms with Gasteiger partial charge in [0, 0.05) is 12.1 Å². The van der Waals surface area contributed by atoms with Crippen molar-refractivity contribution in [3.05, 3.63) is 0 Å². The van der Waals surface area contributed by atoms with Crippen molar-refractivity contribution < 1.29 is 0 Å². The lowest BCUT2D eigenvalue weighted by Crippen LogP contribution is -2.51. The second kappa shape index (κ2) is 3.84. The molecule has 0 aromatic rings. The zero-order valence-electron chi connectivity index (χ0n) is 9.97. The van der Waals surface area contributed by atoms with Crippen LogP contribution >= 0.6 is 0 Å². The van der Waals surface area contributed by atoms with Gasteiger partial charge < -0.3 is 5.32 Å². The van der Waals surface area contributed by atoms with Gasteiger partial charge >= 0.3 is 0 Å². The van der Waals surface area contributed by atoms with Crippen LogP contribution in [0.25, 0.3) is 0 Å². The molecular formula is C13H25N. The maximum Gasteiger partial charge on any atom is 0.00897 e. The second-order valence-corrected chi connectivity index (χ2v) is 5.71. The van der Waals surface area contributed by atoms with E-state index in [1.807, 2.05) is 0 Å². The van der Waals surface area contributed by atoms with Gasteiger partial charge in [0.05, 0.1) is 0 Å². The van der Waals surface area contributed by atoms with Gasteiger partial charge in [0.1, 0.15) is 0 Å². The summed E-state index contributed by atoms with van der Waals surface area (Å²) in [5.41, 5.74) is 0.631. The van der Waals surface area contributed by atoms with E-state index in [1.165, 1.54) is 38.5 Å². The standard InChI is InChI=1S/C13H25N/c1-4-10(5-2)13(3)7-6-11-8-12(9-13)14-11/h10-12,14H,4-9H2,1-3H3. The van der Waals surface area contributed by atoms with Crippen molar-refractivity contribution in [2.24, 2.45) is 11.3 Å². The molecule has 82 valence electrons. The van der Waals surface area contributed by atoms with Crippen molar-refractivity contribution in [3.63, 3.8) is 0 Å². The van der Waals surface area contributed by atoms with Crippen molar-refractivity contribution >= 4 is 0 Å². The minimum Gasteiger partial charge on any atom is -0.311 e. The Bertz CT molecular complexity index is 191. The summed E-state index contributed by atoms with van der Waals surface area (Å²) in [6, 6.07) is 1.73. The third-order valence-electron chi connectivity index (χ3n) is 4.79. The fourth-order valence-electron chi connectivity index (χ4n) is 3.81. The third-order valence-corrected chi connectivity index (χ3v) is 4.79. The maximum absolute atomic E-state index is 3.70. The SMILES string of the molecule is CCC(CC)C1(C)CCC2CC(C1)N2. The molecule has 0 aromatic heterocycles. The van der Waals surface area contributed by atoms with Gasteiger partial charge in [-0.25, -0.2) is 0 Å². The van der Waals surface area contributed by atoms with E-state index in [2.05, 4.69) is 26.1 Å². The van der Waals surface area contributed by atoms with Crippen LogP contribution in [-0.4, -0.2) is 12.1 Å². The molecular weight excluding hydrogens is 170 g/mol. The highest BCUT2D eigenvalue weighted by Gasteiger charge is 2.42. The van der Waals surface area contributed by atoms with E-state index in [-0.39, 0.29) is 0 Å². The Morgan fingerprint density at radius 1 is 1.29 bits per heavy atom. The normalized spacial score (nSPS) is 42.0. The molecule has 1 N–H and O–H groups in total. The Labute approximate surface area is 88.7 Å². The van der Waals surface area contributed by atoms with Gasteiger partial charge in [-0.05, 0) is 37.0 Å². The van der Waals surface area contributed by atoms with Crippen LogP contribution in [0.2, 0.25) is 0 Å². The molecule has 0 aromatic carbocycles. The Morgan fingerprint density at radius 2 is 1.93 bits per heavy atom. The second-order valence-electron chi connectivity index (χ2n) is 5.71. The minimum absolute atomic E-state index is 0.631. The van der Waals surface area contributed by atoms with Gasteiger partial charge in [-0.15, -0.1) is 0 Å². The first-order valence-corrected chi connectivity index (χ1v) is 6.44. The summed E-state index contributed by atoms with van der Waals surface area (Å²) in [5, 5.41) is 3.70. The summed E-state index contributed by atoms with van der Waals surface area (Å²) in [7, 11) is 0. The largest absolute Gasteiger partial charge is 0.311 e. The summed E-state index contributed by atoms with van der Waals surface area (Å²) in [6.07, 6.45) is 8.48. The van der Waals surface area contributed by atoms with E-state index in [4.69, 9.17) is 0 Å². The van der Waals surface area contributed by atoms with Gasteiger partial charge in [-0.1, -0.05) is 33.6 Å². The summed E-state index contributed by atoms with van der Waals surface area (Å²) in [4.78, 5) is 0. The fraction of sp³-hybridized carbons (Fsp3) is 1.00. The average Bonchev–Trinajstić information content (AvgIpc) is 2.35. The molecule has 0 amide bonds. The quantitative estimate of drug-likeness (QED) is 0.728. The molecule has 14 heavy (non-hydrogen) atoms. The number of nitrogens with one attached hydrogen (secondary N) is 1. The molecule has 1 nitrogen and oxygen atoms in total. The molecule has 2 saturated heterocycles. The molecule has 2 aliphatic heterocycles. The van der Waals surface area contributed by atoms with Crippen LogP contribution in [0.3, 0.4) is 0 Å². The molecule has 2 heterocycles. The zero-order valence-corrected chi connectivity index (χ0v) is 9.97. The van der Waals surface area contributed by atoms with E-state index in [0.29, 0.717) is 5.41 Å². The van der Waals surface area contributed by atoms with Crippen molar-refractivity contribution in [2.75, 3.05) is 0 Å². The molecule has 2 bridgehead atoms. The summed E-state index contributed by atoms with van der Waals surface area (Å²) in [6.45, 7) is 7.26. The molecule has 3 fully saturated rings. The molecule has 1 aliphatic carbocycles. The molecule has 3 rings (SSSR count). The summed E-state index contributed by atoms with van der Waals surface area (Å²) >= 11 is 0. The highest BCUT2D eigenvalue weighted by atomic mass is 15.0. The average molecular weight is 195 g/mol. The van der Waals surface area contributed by atoms with Gasteiger partial charge in [-0.2, -0.15) is 0 Å². The Kier molecular flexibility index (Phi) is 2.88. The van der Waals surface area contributed by atoms with E-state index in [0.717, 1.165) is 18.0 Å². The van der Waals surface area contributed by atoms with Crippen LogP contribution in [0.15, 0.2) is 0 Å². The molecule has 3 aliphatic rings. The van der Waals surface area contributed by atoms with Crippen LogP contribution < -0.4 is 5.32 Å². The Hall–Kier alpha value is -0.0400. The van der Waals surface area contributed by atoms with Crippen LogP contribution in [-0.2, 0) is 0 Å². The number of fused-ring (bicyclic) bond motifs is 3. The number of rotatable bonds is 3. The molecule has 3 atom stereocenters. The lowest BCUT2D eigenvalue weighted by molar-refractivity contribution is 0.135. The van der Waals surface area contributed by atoms with E-state index in [9.17, 15) is 0 Å². The number of hydrogen-bond donors (Lipinski definition) is 1. The first kappa shape index (κ1) is 10.5. The fourth-order valence-corrected chi connectivity index (χ4v) is 3.81. The van der Waals surface area contributed by atoms with Crippen molar-refractivity contribution in [2.45, 2.75) is 71.4 Å². The van der Waals surface area contributed by atoms with Crippen molar-refractivity contribution in [3.8, 4) is 0 Å². The predicted molar refractivity (Wildman–Crippen MR) is 61.4 cm³/mol. The predicted octanol–water partition coefficient (Wildman–Crippen LogP) is 3.34. The minimum atomic E-state index is 0.631. The Morgan fingerprint density at radius 3 is 2.50 bits per heavy atom. The maximum atomic E-state index is 3.70. The van der Waals surface area contributed by atoms with E-state index >= 15 is 0 Å². The van der Waals surface area contributed by atoms with E-state index < -0.39 is 0 Å². The van der Waals surface area contributed by atoms with Crippen LogP contribution in [0.4, 0.5) is 0 Å². The lowest BCUT2D eigenvalue weighted by Gasteiger charge is -2.40. The van der Waals surface area contributed by atoms with Crippen LogP contribution in [0.5, 0.6) is 0 Å².